The van der Waals surface area contributed by atoms with Gasteiger partial charge in [0, 0.05) is 0 Å². The summed E-state index contributed by atoms with van der Waals surface area (Å²) in [5.74, 6) is -1.45. The second kappa shape index (κ2) is 4.97. The molecule has 4 rings (SSSR count). The average molecular weight is 322 g/mol. The summed E-state index contributed by atoms with van der Waals surface area (Å²) in [5.41, 5.74) is 1.43. The molecule has 3 heterocycles. The van der Waals surface area contributed by atoms with E-state index in [2.05, 4.69) is 10.1 Å². The Morgan fingerprint density at radius 2 is 2.05 bits per heavy atom. The summed E-state index contributed by atoms with van der Waals surface area (Å²) in [6, 6.07) is 7.72. The van der Waals surface area contributed by atoms with E-state index in [1.807, 2.05) is 24.3 Å². The number of rotatable bonds is 1. The largest absolute Gasteiger partial charge is 0.388 e. The minimum absolute atomic E-state index is 0.124. The molecule has 0 saturated carbocycles. The predicted molar refractivity (Wildman–Crippen MR) is 78.6 cm³/mol. The van der Waals surface area contributed by atoms with E-state index < -0.39 is 24.1 Å². The lowest BCUT2D eigenvalue weighted by molar-refractivity contribution is -0.328. The molecule has 0 bridgehead atoms. The zero-order chi connectivity index (χ0) is 15.3. The molecule has 0 radical (unpaired) electrons. The third-order valence-electron chi connectivity index (χ3n) is 3.93. The van der Waals surface area contributed by atoms with E-state index in [-0.39, 0.29) is 13.0 Å². The third-order valence-corrected chi connectivity index (χ3v) is 5.02. The highest BCUT2D eigenvalue weighted by atomic mass is 32.1. The molecule has 0 unspecified atom stereocenters. The van der Waals surface area contributed by atoms with Crippen LogP contribution in [-0.4, -0.2) is 56.7 Å². The second-order valence-corrected chi connectivity index (χ2v) is 6.45. The molecule has 1 spiro atoms. The van der Waals surface area contributed by atoms with Crippen LogP contribution in [0.5, 0.6) is 0 Å². The maximum absolute atomic E-state index is 10.2. The van der Waals surface area contributed by atoms with Crippen molar-refractivity contribution in [2.24, 2.45) is 5.16 Å². The smallest absolute Gasteiger partial charge is 0.271 e. The van der Waals surface area contributed by atoms with Gasteiger partial charge in [-0.3, -0.25) is 0 Å². The van der Waals surface area contributed by atoms with Gasteiger partial charge in [0.2, 0.25) is 0 Å². The van der Waals surface area contributed by atoms with Crippen molar-refractivity contribution in [2.45, 2.75) is 30.5 Å². The van der Waals surface area contributed by atoms with Gasteiger partial charge in [0.05, 0.1) is 23.2 Å². The summed E-state index contributed by atoms with van der Waals surface area (Å²) in [6.45, 7) is -0.124. The van der Waals surface area contributed by atoms with Crippen molar-refractivity contribution in [1.82, 2.24) is 4.98 Å². The number of thiazole rings is 1. The van der Waals surface area contributed by atoms with Crippen molar-refractivity contribution in [3.05, 3.63) is 29.3 Å². The first kappa shape index (κ1) is 14.0. The van der Waals surface area contributed by atoms with E-state index in [0.717, 1.165) is 10.2 Å². The molecular formula is C14H14N2O5S. The van der Waals surface area contributed by atoms with Crippen molar-refractivity contribution < 1.29 is 24.9 Å². The Morgan fingerprint density at radius 3 is 2.86 bits per heavy atom. The maximum Gasteiger partial charge on any atom is 0.271 e. The van der Waals surface area contributed by atoms with Gasteiger partial charge in [0.15, 0.2) is 6.10 Å². The van der Waals surface area contributed by atoms with Gasteiger partial charge in [-0.2, -0.15) is 0 Å². The number of ether oxygens (including phenoxy) is 1. The van der Waals surface area contributed by atoms with Crippen LogP contribution in [0.1, 0.15) is 11.4 Å². The fraction of sp³-hybridized carbons (Fsp3) is 0.429. The highest BCUT2D eigenvalue weighted by Crippen LogP contribution is 2.37. The van der Waals surface area contributed by atoms with Crippen LogP contribution < -0.4 is 0 Å². The molecular weight excluding hydrogens is 308 g/mol. The van der Waals surface area contributed by atoms with Crippen molar-refractivity contribution in [3.63, 3.8) is 0 Å². The highest BCUT2D eigenvalue weighted by Gasteiger charge is 2.55. The van der Waals surface area contributed by atoms with E-state index in [0.29, 0.717) is 10.7 Å². The Morgan fingerprint density at radius 1 is 1.23 bits per heavy atom. The molecule has 1 saturated heterocycles. The Kier molecular flexibility index (Phi) is 3.17. The second-order valence-electron chi connectivity index (χ2n) is 5.42. The van der Waals surface area contributed by atoms with E-state index in [9.17, 15) is 15.3 Å². The molecule has 2 aliphatic heterocycles. The third kappa shape index (κ3) is 2.03. The SMILES string of the molecule is O[C@H]1[C@H](O)CO[C@@]2(CC(c3nc4ccccc4s3)=NO2)[C@@H]1O. The lowest BCUT2D eigenvalue weighted by Gasteiger charge is -2.40. The van der Waals surface area contributed by atoms with Crippen LogP contribution in [0.25, 0.3) is 10.2 Å². The van der Waals surface area contributed by atoms with E-state index in [4.69, 9.17) is 9.57 Å². The van der Waals surface area contributed by atoms with Gasteiger partial charge in [0.25, 0.3) is 5.79 Å². The molecule has 3 N–H and O–H groups in total. The number of aromatic nitrogens is 1. The molecule has 0 aliphatic carbocycles. The first-order valence-corrected chi connectivity index (χ1v) is 7.70. The summed E-state index contributed by atoms with van der Waals surface area (Å²) in [4.78, 5) is 9.78. The summed E-state index contributed by atoms with van der Waals surface area (Å²) < 4.78 is 6.46. The molecule has 1 fully saturated rings. The van der Waals surface area contributed by atoms with Crippen LogP contribution in [0, 0.1) is 0 Å². The Hall–Kier alpha value is -1.58. The van der Waals surface area contributed by atoms with Crippen LogP contribution in [0.3, 0.4) is 0 Å². The molecule has 2 aromatic rings. The van der Waals surface area contributed by atoms with Gasteiger partial charge in [-0.1, -0.05) is 17.3 Å². The highest BCUT2D eigenvalue weighted by molar-refractivity contribution is 7.20. The van der Waals surface area contributed by atoms with Crippen LogP contribution in [-0.2, 0) is 9.57 Å². The van der Waals surface area contributed by atoms with Crippen LogP contribution >= 0.6 is 11.3 Å². The number of aliphatic hydroxyl groups excluding tert-OH is 3. The molecule has 116 valence electrons. The number of hydrogen-bond acceptors (Lipinski definition) is 8. The molecule has 22 heavy (non-hydrogen) atoms. The van der Waals surface area contributed by atoms with E-state index in [1.165, 1.54) is 11.3 Å². The number of aliphatic hydroxyl groups is 3. The lowest BCUT2D eigenvalue weighted by Crippen LogP contribution is -2.60. The summed E-state index contributed by atoms with van der Waals surface area (Å²) >= 11 is 1.47. The fourth-order valence-corrected chi connectivity index (χ4v) is 3.60. The number of para-hydroxylation sites is 1. The molecule has 7 nitrogen and oxygen atoms in total. The number of nitrogens with zero attached hydrogens (tertiary/aromatic N) is 2. The summed E-state index contributed by atoms with van der Waals surface area (Å²) in [6.07, 6.45) is -3.70. The molecule has 1 aromatic heterocycles. The Labute approximate surface area is 129 Å². The maximum atomic E-state index is 10.2. The summed E-state index contributed by atoms with van der Waals surface area (Å²) in [7, 11) is 0. The van der Waals surface area contributed by atoms with Crippen molar-refractivity contribution in [3.8, 4) is 0 Å². The number of hydrogen-bond donors (Lipinski definition) is 3. The van der Waals surface area contributed by atoms with Gasteiger partial charge in [-0.25, -0.2) is 4.98 Å². The standard InChI is InChI=1S/C14H14N2O5S/c17-9-6-20-14(12(19)11(9)18)5-8(16-21-14)13-15-7-3-1-2-4-10(7)22-13/h1-4,9,11-12,17-19H,5-6H2/t9-,11+,12-,14-/m1/s1. The summed E-state index contributed by atoms with van der Waals surface area (Å²) in [5, 5.41) is 34.2. The average Bonchev–Trinajstić information content (AvgIpc) is 3.14. The minimum atomic E-state index is -1.45. The van der Waals surface area contributed by atoms with Crippen molar-refractivity contribution in [1.29, 1.82) is 0 Å². The van der Waals surface area contributed by atoms with E-state index in [1.54, 1.807) is 0 Å². The van der Waals surface area contributed by atoms with Crippen LogP contribution in [0.4, 0.5) is 0 Å². The fourth-order valence-electron chi connectivity index (χ4n) is 2.66. The molecule has 2 aliphatic rings. The lowest BCUT2D eigenvalue weighted by atomic mass is 9.93. The normalized spacial score (nSPS) is 34.9. The molecule has 1 aromatic carbocycles. The first-order valence-electron chi connectivity index (χ1n) is 6.88. The molecule has 0 amide bonds. The number of benzene rings is 1. The van der Waals surface area contributed by atoms with E-state index >= 15 is 0 Å². The molecule has 8 heteroatoms. The van der Waals surface area contributed by atoms with Crippen molar-refractivity contribution in [2.75, 3.05) is 6.61 Å². The Bertz CT molecular complexity index is 715. The first-order chi connectivity index (χ1) is 10.6. The Balaban J connectivity index is 1.61. The van der Waals surface area contributed by atoms with Gasteiger partial charge in [0.1, 0.15) is 22.9 Å². The van der Waals surface area contributed by atoms with Crippen LogP contribution in [0.2, 0.25) is 0 Å². The van der Waals surface area contributed by atoms with Crippen LogP contribution in [0.15, 0.2) is 29.4 Å². The predicted octanol–water partition coefficient (Wildman–Crippen LogP) is 0.230. The van der Waals surface area contributed by atoms with Gasteiger partial charge in [-0.05, 0) is 12.1 Å². The van der Waals surface area contributed by atoms with Crippen molar-refractivity contribution >= 4 is 27.3 Å². The monoisotopic (exact) mass is 322 g/mol. The number of oxime groups is 1. The molecule has 4 atom stereocenters. The van der Waals surface area contributed by atoms with Gasteiger partial charge in [-0.15, -0.1) is 11.3 Å². The topological polar surface area (TPSA) is 104 Å². The minimum Gasteiger partial charge on any atom is -0.388 e. The van der Waals surface area contributed by atoms with Gasteiger partial charge >= 0.3 is 0 Å². The van der Waals surface area contributed by atoms with Gasteiger partial charge < -0.3 is 24.9 Å². The zero-order valence-electron chi connectivity index (χ0n) is 11.4. The zero-order valence-corrected chi connectivity index (χ0v) is 12.2. The number of fused-ring (bicyclic) bond motifs is 1. The quantitative estimate of drug-likeness (QED) is 0.694.